The van der Waals surface area contributed by atoms with Gasteiger partial charge in [-0.1, -0.05) is 145 Å². The number of phenolic OH excluding ortho intramolecular Hbond substituents is 1. The minimum atomic E-state index is -3.09. The minimum absolute atomic E-state index is 0.00104. The van der Waals surface area contributed by atoms with Crippen molar-refractivity contribution in [2.45, 2.75) is 95.5 Å². The second kappa shape index (κ2) is 22.4. The Hall–Kier alpha value is -4.97. The number of benzene rings is 6. The Morgan fingerprint density at radius 2 is 1.25 bits per heavy atom. The van der Waals surface area contributed by atoms with E-state index in [-0.39, 0.29) is 22.4 Å². The second-order valence-electron chi connectivity index (χ2n) is 21.1. The summed E-state index contributed by atoms with van der Waals surface area (Å²) in [6.45, 7) is 17.2. The zero-order valence-corrected chi connectivity index (χ0v) is 46.3. The maximum Gasteiger partial charge on any atom is 0.261 e. The Morgan fingerprint density at radius 3 is 1.79 bits per heavy atom. The summed E-state index contributed by atoms with van der Waals surface area (Å²) in [6.07, 6.45) is -2.66. The lowest BCUT2D eigenvalue weighted by molar-refractivity contribution is -0.0380. The zero-order valence-electron chi connectivity index (χ0n) is 42.7. The van der Waals surface area contributed by atoms with E-state index in [0.29, 0.717) is 39.6 Å². The van der Waals surface area contributed by atoms with Gasteiger partial charge in [-0.25, -0.2) is 0 Å². The van der Waals surface area contributed by atoms with Gasteiger partial charge in [0.25, 0.3) is 8.32 Å². The molecule has 1 unspecified atom stereocenters. The fourth-order valence-electron chi connectivity index (χ4n) is 9.68. The Morgan fingerprint density at radius 1 is 0.662 bits per heavy atom. The molecule has 13 heteroatoms. The third kappa shape index (κ3) is 11.3. The summed E-state index contributed by atoms with van der Waals surface area (Å²) in [5, 5.41) is 48.2. The summed E-state index contributed by atoms with van der Waals surface area (Å²) in [7, 11) is -2.57. The minimum Gasteiger partial charge on any atom is -0.504 e. The van der Waals surface area contributed by atoms with E-state index < -0.39 is 65.9 Å². The van der Waals surface area contributed by atoms with Crippen LogP contribution in [0.1, 0.15) is 93.6 Å². The van der Waals surface area contributed by atoms with Crippen molar-refractivity contribution in [2.75, 3.05) is 34.0 Å². The van der Waals surface area contributed by atoms with Crippen LogP contribution in [0.25, 0.3) is 0 Å². The summed E-state index contributed by atoms with van der Waals surface area (Å²) < 4.78 is 40.4. The van der Waals surface area contributed by atoms with Crippen molar-refractivity contribution < 1.29 is 48.2 Å². The molecule has 378 valence electrons. The zero-order chi connectivity index (χ0) is 51.3. The molecule has 6 aromatic rings. The van der Waals surface area contributed by atoms with Gasteiger partial charge < -0.3 is 48.2 Å². The molecule has 6 atom stereocenters. The molecule has 71 heavy (non-hydrogen) atoms. The van der Waals surface area contributed by atoms with Crippen molar-refractivity contribution in [1.29, 1.82) is 0 Å². The van der Waals surface area contributed by atoms with E-state index in [4.69, 9.17) is 27.8 Å². The number of aliphatic hydroxyl groups is 3. The van der Waals surface area contributed by atoms with Crippen LogP contribution in [0.5, 0.6) is 28.7 Å². The van der Waals surface area contributed by atoms with Crippen LogP contribution in [-0.4, -0.2) is 71.1 Å². The molecule has 0 aromatic heterocycles. The van der Waals surface area contributed by atoms with Gasteiger partial charge >= 0.3 is 0 Å². The van der Waals surface area contributed by atoms with Crippen LogP contribution < -0.4 is 29.3 Å². The summed E-state index contributed by atoms with van der Waals surface area (Å²) in [4.78, 5) is 0. The molecule has 4 N–H and O–H groups in total. The molecule has 0 aliphatic carbocycles. The largest absolute Gasteiger partial charge is 0.504 e. The van der Waals surface area contributed by atoms with Gasteiger partial charge in [-0.15, -0.1) is 0 Å². The third-order valence-corrected chi connectivity index (χ3v) is 24.7. The smallest absolute Gasteiger partial charge is 0.261 e. The van der Waals surface area contributed by atoms with Gasteiger partial charge in [0.05, 0.1) is 36.8 Å². The van der Waals surface area contributed by atoms with Crippen LogP contribution in [0.2, 0.25) is 23.2 Å². The number of halogens is 1. The van der Waals surface area contributed by atoms with Gasteiger partial charge in [-0.2, -0.15) is 0 Å². The summed E-state index contributed by atoms with van der Waals surface area (Å²) in [5.41, 5.74) is 3.77. The molecule has 1 aliphatic heterocycles. The highest BCUT2D eigenvalue weighted by Gasteiger charge is 2.52. The lowest BCUT2D eigenvalue weighted by Gasteiger charge is -2.44. The number of aliphatic hydroxyl groups excluding tert-OH is 3. The topological polar surface area (TPSA) is 136 Å². The fourth-order valence-corrected chi connectivity index (χ4v) is 16.1. The Balaban J connectivity index is 1.32. The van der Waals surface area contributed by atoms with E-state index in [0.717, 1.165) is 32.6 Å². The predicted octanol–water partition coefficient (Wildman–Crippen LogP) is 11.6. The Kier molecular flexibility index (Phi) is 17.0. The maximum absolute atomic E-state index is 12.8. The quantitative estimate of drug-likeness (QED) is 0.0547. The van der Waals surface area contributed by atoms with Crippen molar-refractivity contribution in [1.82, 2.24) is 0 Å². The normalized spacial score (nSPS) is 16.9. The number of aromatic hydroxyl groups is 1. The number of hydrogen-bond donors (Lipinski definition) is 4. The first kappa shape index (κ1) is 53.8. The fraction of sp³-hybridized carbons (Fsp3) is 0.379. The lowest BCUT2D eigenvalue weighted by atomic mass is 9.79. The van der Waals surface area contributed by atoms with Crippen molar-refractivity contribution >= 4 is 42.9 Å². The van der Waals surface area contributed by atoms with Gasteiger partial charge in [0.2, 0.25) is 0 Å². The molecule has 0 saturated heterocycles. The van der Waals surface area contributed by atoms with E-state index >= 15 is 0 Å². The van der Waals surface area contributed by atoms with Gasteiger partial charge in [0.1, 0.15) is 18.5 Å². The van der Waals surface area contributed by atoms with Gasteiger partial charge in [-0.3, -0.25) is 0 Å². The van der Waals surface area contributed by atoms with Gasteiger partial charge in [0.15, 0.2) is 31.3 Å². The van der Waals surface area contributed by atoms with Crippen LogP contribution in [0.15, 0.2) is 144 Å². The summed E-state index contributed by atoms with van der Waals surface area (Å²) in [5.74, 6) is -0.306. The van der Waals surface area contributed by atoms with Gasteiger partial charge in [-0.05, 0) is 108 Å². The molecule has 10 nitrogen and oxygen atoms in total. The van der Waals surface area contributed by atoms with E-state index in [9.17, 15) is 20.4 Å². The van der Waals surface area contributed by atoms with Crippen LogP contribution >= 0.6 is 15.9 Å². The lowest BCUT2D eigenvalue weighted by Crippen LogP contribution is -2.66. The molecule has 0 radical (unpaired) electrons. The highest BCUT2D eigenvalue weighted by molar-refractivity contribution is 9.10. The molecule has 0 saturated carbocycles. The average Bonchev–Trinajstić information content (AvgIpc) is 3.73. The molecule has 0 spiro atoms. The molecule has 0 bridgehead atoms. The third-order valence-electron chi connectivity index (χ3n) is 14.6. The molecule has 0 amide bonds. The molecule has 1 heterocycles. The van der Waals surface area contributed by atoms with Crippen LogP contribution in [0, 0.1) is 11.8 Å². The van der Waals surface area contributed by atoms with Crippen LogP contribution in [0.3, 0.4) is 0 Å². The first-order valence-electron chi connectivity index (χ1n) is 24.3. The van der Waals surface area contributed by atoms with Crippen molar-refractivity contribution in [3.63, 3.8) is 0 Å². The van der Waals surface area contributed by atoms with E-state index in [1.165, 1.54) is 7.11 Å². The molecule has 6 aromatic carbocycles. The molecule has 0 fully saturated rings. The Labute approximate surface area is 430 Å². The second-order valence-corrected chi connectivity index (χ2v) is 31.0. The number of ether oxygens (including phenoxy) is 4. The maximum atomic E-state index is 12.8. The first-order valence-corrected chi connectivity index (χ1v) is 29.9. The average molecular weight is 1060 g/mol. The van der Waals surface area contributed by atoms with E-state index in [2.05, 4.69) is 119 Å². The highest BCUT2D eigenvalue weighted by Crippen LogP contribution is 2.54. The molecule has 1 aliphatic rings. The number of hydrogen-bond acceptors (Lipinski definition) is 10. The van der Waals surface area contributed by atoms with Crippen molar-refractivity contribution in [3.8, 4) is 28.7 Å². The number of methoxy groups -OCH3 is 2. The standard InChI is InChI=1S/C58H71BrO10Si2/c1-57(2,3)70(9,10)69-55(39-27-29-50(48(59)31-39)66-36-38-20-14-11-15-21-38)46(35-61)45(34-60)53(63)41-30-44-47(54(68-56(44)52(33-41)65-8)40-26-28-49(62)51(32-40)64-7)37-67-71(58(4,5)6,42-22-16-12-17-23-42)43-24-18-13-19-25-43/h11-33,45-47,53-55,60-63H,34-37H2,1-10H3/t45-,46-,47+,53?,54-,55-/m0/s1. The van der Waals surface area contributed by atoms with Crippen molar-refractivity contribution in [3.05, 3.63) is 172 Å². The summed E-state index contributed by atoms with van der Waals surface area (Å²) in [6, 6.07) is 45.5. The molecular formula is C58H71BrO10Si2. The van der Waals surface area contributed by atoms with E-state index in [1.807, 2.05) is 72.8 Å². The molecular weight excluding hydrogens is 993 g/mol. The van der Waals surface area contributed by atoms with Crippen LogP contribution in [0.4, 0.5) is 0 Å². The Bertz CT molecular complexity index is 2650. The number of phenols is 1. The van der Waals surface area contributed by atoms with Crippen molar-refractivity contribution in [2.24, 2.45) is 11.8 Å². The van der Waals surface area contributed by atoms with Gasteiger partial charge in [0, 0.05) is 37.2 Å². The number of fused-ring (bicyclic) bond motifs is 1. The SMILES string of the molecule is COc1cc([C@@H]2Oc3c(OC)cc(C(O)[C@@H](CO)[C@H](CO)[C@@H](O[Si](C)(C)C(C)(C)C)c4ccc(OCc5ccccc5)c(Br)c4)cc3[C@H]2CO[Si](c2ccccc2)(c2ccccc2)C(C)(C)C)ccc1O. The summed E-state index contributed by atoms with van der Waals surface area (Å²) >= 11 is 3.76. The molecule has 7 rings (SSSR count). The first-order chi connectivity index (χ1) is 33.8. The number of rotatable bonds is 20. The van der Waals surface area contributed by atoms with E-state index in [1.54, 1.807) is 25.3 Å². The predicted molar refractivity (Wildman–Crippen MR) is 289 cm³/mol. The monoisotopic (exact) mass is 1060 g/mol. The highest BCUT2D eigenvalue weighted by atomic mass is 79.9. The van der Waals surface area contributed by atoms with Crippen LogP contribution in [-0.2, 0) is 15.5 Å².